The number of carbonyl (C=O) groups excluding carboxylic acids is 1. The van der Waals surface area contributed by atoms with Crippen LogP contribution < -0.4 is 5.32 Å². The van der Waals surface area contributed by atoms with Crippen molar-refractivity contribution < 1.29 is 9.18 Å². The highest BCUT2D eigenvalue weighted by Crippen LogP contribution is 2.25. The van der Waals surface area contributed by atoms with Crippen LogP contribution in [-0.2, 0) is 4.79 Å². The van der Waals surface area contributed by atoms with Gasteiger partial charge in [0.1, 0.15) is 5.82 Å². The van der Waals surface area contributed by atoms with Crippen LogP contribution in [0.15, 0.2) is 40.2 Å². The number of anilines is 1. The van der Waals surface area contributed by atoms with Crippen LogP contribution in [0.2, 0.25) is 0 Å². The lowest BCUT2D eigenvalue weighted by molar-refractivity contribution is -0.115. The van der Waals surface area contributed by atoms with Crippen molar-refractivity contribution in [1.82, 2.24) is 4.98 Å². The molecule has 0 aliphatic carbocycles. The second kappa shape index (κ2) is 5.97. The number of thioether (sulfide) groups is 1. The Balaban J connectivity index is 1.95. The Bertz CT molecular complexity index is 531. The van der Waals surface area contributed by atoms with Crippen molar-refractivity contribution in [2.24, 2.45) is 0 Å². The zero-order chi connectivity index (χ0) is 13.0. The summed E-state index contributed by atoms with van der Waals surface area (Å²) in [5, 5.41) is 4.25. The average Bonchev–Trinajstić information content (AvgIpc) is 2.81. The normalized spacial score (nSPS) is 12.1. The number of aromatic nitrogens is 1. The predicted molar refractivity (Wildman–Crippen MR) is 72.5 cm³/mol. The monoisotopic (exact) mass is 282 g/mol. The van der Waals surface area contributed by atoms with Gasteiger partial charge in [-0.05, 0) is 25.1 Å². The number of carbonyl (C=O) groups is 1. The summed E-state index contributed by atoms with van der Waals surface area (Å²) in [6.45, 7) is 1.79. The van der Waals surface area contributed by atoms with E-state index in [9.17, 15) is 9.18 Å². The fourth-order valence-electron chi connectivity index (χ4n) is 1.28. The molecule has 1 atom stereocenters. The largest absolute Gasteiger partial charge is 0.325 e. The number of rotatable bonds is 4. The maximum atomic E-state index is 13.0. The SMILES string of the molecule is CC(Sc1nccs1)C(=O)Nc1cccc(F)c1. The second-order valence-corrected chi connectivity index (χ2v) is 6.04. The molecule has 18 heavy (non-hydrogen) atoms. The molecule has 1 amide bonds. The van der Waals surface area contributed by atoms with Gasteiger partial charge in [-0.1, -0.05) is 17.8 Å². The Morgan fingerprint density at radius 2 is 2.39 bits per heavy atom. The lowest BCUT2D eigenvalue weighted by Gasteiger charge is -2.10. The number of hydrogen-bond acceptors (Lipinski definition) is 4. The number of benzene rings is 1. The topological polar surface area (TPSA) is 42.0 Å². The van der Waals surface area contributed by atoms with E-state index in [1.54, 1.807) is 25.3 Å². The van der Waals surface area contributed by atoms with Crippen LogP contribution >= 0.6 is 23.1 Å². The van der Waals surface area contributed by atoms with Crippen molar-refractivity contribution in [2.75, 3.05) is 5.32 Å². The summed E-state index contributed by atoms with van der Waals surface area (Å²) in [6.07, 6.45) is 1.70. The van der Waals surface area contributed by atoms with Crippen molar-refractivity contribution >= 4 is 34.7 Å². The Morgan fingerprint density at radius 1 is 1.56 bits per heavy atom. The maximum Gasteiger partial charge on any atom is 0.237 e. The van der Waals surface area contributed by atoms with Gasteiger partial charge in [-0.15, -0.1) is 11.3 Å². The van der Waals surface area contributed by atoms with Crippen molar-refractivity contribution in [3.05, 3.63) is 41.7 Å². The smallest absolute Gasteiger partial charge is 0.237 e. The minimum absolute atomic E-state index is 0.166. The van der Waals surface area contributed by atoms with Crippen LogP contribution in [0.3, 0.4) is 0 Å². The van der Waals surface area contributed by atoms with Gasteiger partial charge in [0.15, 0.2) is 4.34 Å². The average molecular weight is 282 g/mol. The molecule has 0 aliphatic heterocycles. The van der Waals surface area contributed by atoms with Gasteiger partial charge in [-0.25, -0.2) is 9.37 Å². The number of amides is 1. The summed E-state index contributed by atoms with van der Waals surface area (Å²) in [5.74, 6) is -0.533. The van der Waals surface area contributed by atoms with Gasteiger partial charge < -0.3 is 5.32 Å². The quantitative estimate of drug-likeness (QED) is 0.874. The highest BCUT2D eigenvalue weighted by Gasteiger charge is 2.15. The summed E-state index contributed by atoms with van der Waals surface area (Å²) < 4.78 is 13.8. The predicted octanol–water partition coefficient (Wildman–Crippen LogP) is 3.40. The molecule has 1 heterocycles. The van der Waals surface area contributed by atoms with E-state index in [0.29, 0.717) is 5.69 Å². The van der Waals surface area contributed by atoms with Gasteiger partial charge in [-0.2, -0.15) is 0 Å². The first kappa shape index (κ1) is 13.0. The van der Waals surface area contributed by atoms with Gasteiger partial charge in [0.25, 0.3) is 0 Å². The van der Waals surface area contributed by atoms with E-state index in [4.69, 9.17) is 0 Å². The van der Waals surface area contributed by atoms with Gasteiger partial charge >= 0.3 is 0 Å². The van der Waals surface area contributed by atoms with E-state index in [0.717, 1.165) is 4.34 Å². The van der Waals surface area contributed by atoms with Crippen LogP contribution in [-0.4, -0.2) is 16.1 Å². The van der Waals surface area contributed by atoms with E-state index in [-0.39, 0.29) is 17.0 Å². The molecular formula is C12H11FN2OS2. The summed E-state index contributed by atoms with van der Waals surface area (Å²) in [7, 11) is 0. The number of thiazole rings is 1. The molecule has 1 aromatic heterocycles. The fourth-order valence-corrected chi connectivity index (χ4v) is 3.06. The van der Waals surface area contributed by atoms with Crippen LogP contribution in [0.5, 0.6) is 0 Å². The minimum Gasteiger partial charge on any atom is -0.325 e. The molecule has 0 spiro atoms. The molecular weight excluding hydrogens is 271 g/mol. The van der Waals surface area contributed by atoms with Gasteiger partial charge in [0, 0.05) is 17.3 Å². The first-order valence-electron chi connectivity index (χ1n) is 5.28. The minimum atomic E-state index is -0.368. The van der Waals surface area contributed by atoms with Crippen LogP contribution in [0, 0.1) is 5.82 Å². The van der Waals surface area contributed by atoms with Crippen molar-refractivity contribution in [3.63, 3.8) is 0 Å². The standard InChI is InChI=1S/C12H11FN2OS2/c1-8(18-12-14-5-6-17-12)11(16)15-10-4-2-3-9(13)7-10/h2-8H,1H3,(H,15,16). The van der Waals surface area contributed by atoms with E-state index in [1.165, 1.54) is 35.2 Å². The summed E-state index contributed by atoms with van der Waals surface area (Å²) in [5.41, 5.74) is 0.464. The van der Waals surface area contributed by atoms with Crippen LogP contribution in [0.1, 0.15) is 6.92 Å². The van der Waals surface area contributed by atoms with E-state index < -0.39 is 0 Å². The van der Waals surface area contributed by atoms with E-state index >= 15 is 0 Å². The van der Waals surface area contributed by atoms with Crippen LogP contribution in [0.4, 0.5) is 10.1 Å². The fraction of sp³-hybridized carbons (Fsp3) is 0.167. The molecule has 0 bridgehead atoms. The molecule has 2 aromatic rings. The summed E-state index contributed by atoms with van der Waals surface area (Å²) >= 11 is 2.87. The number of hydrogen-bond donors (Lipinski definition) is 1. The molecule has 0 fully saturated rings. The molecule has 6 heteroatoms. The molecule has 0 aliphatic rings. The molecule has 3 nitrogen and oxygen atoms in total. The third-order valence-corrected chi connectivity index (χ3v) is 4.17. The first-order chi connectivity index (χ1) is 8.65. The van der Waals surface area contributed by atoms with E-state index in [1.807, 2.05) is 5.38 Å². The molecule has 0 saturated heterocycles. The molecule has 1 unspecified atom stereocenters. The molecule has 0 saturated carbocycles. The Morgan fingerprint density at radius 3 is 3.06 bits per heavy atom. The maximum absolute atomic E-state index is 13.0. The Labute approximate surface area is 112 Å². The van der Waals surface area contributed by atoms with Gasteiger partial charge in [-0.3, -0.25) is 4.79 Å². The first-order valence-corrected chi connectivity index (χ1v) is 7.03. The molecule has 2 rings (SSSR count). The zero-order valence-corrected chi connectivity index (χ0v) is 11.2. The van der Waals surface area contributed by atoms with Gasteiger partial charge in [0.05, 0.1) is 5.25 Å². The number of nitrogens with zero attached hydrogens (tertiary/aromatic N) is 1. The van der Waals surface area contributed by atoms with Gasteiger partial charge in [0.2, 0.25) is 5.91 Å². The summed E-state index contributed by atoms with van der Waals surface area (Å²) in [6, 6.07) is 5.84. The third-order valence-electron chi connectivity index (χ3n) is 2.15. The highest BCUT2D eigenvalue weighted by molar-refractivity contribution is 8.02. The third kappa shape index (κ3) is 3.54. The lowest BCUT2D eigenvalue weighted by Crippen LogP contribution is -2.22. The van der Waals surface area contributed by atoms with Crippen LogP contribution in [0.25, 0.3) is 0 Å². The highest BCUT2D eigenvalue weighted by atomic mass is 32.2. The van der Waals surface area contributed by atoms with Crippen molar-refractivity contribution in [3.8, 4) is 0 Å². The molecule has 1 N–H and O–H groups in total. The number of nitrogens with one attached hydrogen (secondary N) is 1. The zero-order valence-electron chi connectivity index (χ0n) is 9.59. The Kier molecular flexibility index (Phi) is 4.33. The lowest BCUT2D eigenvalue weighted by atomic mass is 10.3. The Hall–Kier alpha value is -1.40. The number of halogens is 1. The molecule has 1 aromatic carbocycles. The van der Waals surface area contributed by atoms with Crippen molar-refractivity contribution in [2.45, 2.75) is 16.5 Å². The molecule has 0 radical (unpaired) electrons. The van der Waals surface area contributed by atoms with Crippen molar-refractivity contribution in [1.29, 1.82) is 0 Å². The second-order valence-electron chi connectivity index (χ2n) is 3.56. The summed E-state index contributed by atoms with van der Waals surface area (Å²) in [4.78, 5) is 16.0. The molecule has 94 valence electrons. The van der Waals surface area contributed by atoms with E-state index in [2.05, 4.69) is 10.3 Å².